The summed E-state index contributed by atoms with van der Waals surface area (Å²) in [7, 11) is 4.91. The first-order chi connectivity index (χ1) is 15.5. The van der Waals surface area contributed by atoms with Gasteiger partial charge in [0, 0.05) is 43.3 Å². The van der Waals surface area contributed by atoms with Crippen LogP contribution in [0.25, 0.3) is 0 Å². The zero-order valence-electron chi connectivity index (χ0n) is 20.0. The molecule has 0 atom stereocenters. The Kier molecular flexibility index (Phi) is 8.39. The Morgan fingerprint density at radius 3 is 2.19 bits per heavy atom. The van der Waals surface area contributed by atoms with Crippen molar-refractivity contribution < 1.29 is 19.0 Å². The molecule has 1 aliphatic heterocycles. The monoisotopic (exact) mass is 440 g/mol. The molecule has 0 bridgehead atoms. The van der Waals surface area contributed by atoms with Crippen molar-refractivity contribution in [3.05, 3.63) is 47.5 Å². The molecule has 2 aromatic carbocycles. The summed E-state index contributed by atoms with van der Waals surface area (Å²) in [6.07, 6.45) is 3.33. The average molecular weight is 441 g/mol. The van der Waals surface area contributed by atoms with Crippen LogP contribution in [0.5, 0.6) is 17.2 Å². The molecule has 3 rings (SSSR count). The molecule has 32 heavy (non-hydrogen) atoms. The Balaban J connectivity index is 1.72. The van der Waals surface area contributed by atoms with Crippen LogP contribution in [0.15, 0.2) is 36.4 Å². The number of likely N-dealkylation sites (tertiary alicyclic amines) is 1. The van der Waals surface area contributed by atoms with Crippen LogP contribution in [0, 0.1) is 6.92 Å². The molecule has 0 aromatic heterocycles. The van der Waals surface area contributed by atoms with Crippen LogP contribution in [0.3, 0.4) is 0 Å². The summed E-state index contributed by atoms with van der Waals surface area (Å²) in [5, 5.41) is 0. The van der Waals surface area contributed by atoms with Gasteiger partial charge < -0.3 is 19.1 Å². The number of aryl methyl sites for hydroxylation is 1. The van der Waals surface area contributed by atoms with Gasteiger partial charge in [-0.05, 0) is 44.4 Å². The van der Waals surface area contributed by atoms with Gasteiger partial charge in [-0.1, -0.05) is 30.7 Å². The lowest BCUT2D eigenvalue weighted by Gasteiger charge is -2.39. The molecule has 1 fully saturated rings. The lowest BCUT2D eigenvalue weighted by Crippen LogP contribution is -2.47. The Morgan fingerprint density at radius 1 is 0.969 bits per heavy atom. The van der Waals surface area contributed by atoms with Crippen LogP contribution >= 0.6 is 0 Å². The molecule has 0 aliphatic carbocycles. The van der Waals surface area contributed by atoms with Crippen molar-refractivity contribution in [2.75, 3.05) is 39.3 Å². The quantitative estimate of drug-likeness (QED) is 0.560. The smallest absolute Gasteiger partial charge is 0.227 e. The van der Waals surface area contributed by atoms with E-state index in [1.54, 1.807) is 21.3 Å². The predicted molar refractivity (Wildman–Crippen MR) is 128 cm³/mol. The number of hydrogen-bond donors (Lipinski definition) is 0. The van der Waals surface area contributed by atoms with Gasteiger partial charge in [-0.2, -0.15) is 0 Å². The van der Waals surface area contributed by atoms with E-state index in [1.807, 2.05) is 17.0 Å². The van der Waals surface area contributed by atoms with Crippen molar-refractivity contribution in [2.24, 2.45) is 0 Å². The predicted octanol–water partition coefficient (Wildman–Crippen LogP) is 4.82. The van der Waals surface area contributed by atoms with E-state index in [9.17, 15) is 4.79 Å². The normalized spacial score (nSPS) is 14.8. The van der Waals surface area contributed by atoms with Crippen LogP contribution in [0.1, 0.15) is 43.7 Å². The molecule has 6 nitrogen and oxygen atoms in total. The van der Waals surface area contributed by atoms with Gasteiger partial charge in [-0.3, -0.25) is 9.69 Å². The number of nitrogens with zero attached hydrogens (tertiary/aromatic N) is 2. The molecular formula is C26H36N2O4. The van der Waals surface area contributed by atoms with Crippen LogP contribution in [-0.2, 0) is 11.3 Å². The number of benzene rings is 2. The summed E-state index contributed by atoms with van der Waals surface area (Å²) in [4.78, 5) is 17.4. The van der Waals surface area contributed by atoms with E-state index in [1.165, 1.54) is 5.56 Å². The molecule has 1 aliphatic rings. The first-order valence-electron chi connectivity index (χ1n) is 11.4. The molecule has 0 N–H and O–H groups in total. The third-order valence-corrected chi connectivity index (χ3v) is 6.15. The number of carbonyl (C=O) groups excluding carboxylic acids is 1. The van der Waals surface area contributed by atoms with Crippen molar-refractivity contribution in [3.63, 3.8) is 0 Å². The third kappa shape index (κ3) is 5.36. The maximum absolute atomic E-state index is 13.0. The highest BCUT2D eigenvalue weighted by molar-refractivity contribution is 5.94. The van der Waals surface area contributed by atoms with Crippen molar-refractivity contribution in [3.8, 4) is 17.2 Å². The van der Waals surface area contributed by atoms with E-state index >= 15 is 0 Å². The molecule has 0 saturated carbocycles. The zero-order valence-corrected chi connectivity index (χ0v) is 20.0. The van der Waals surface area contributed by atoms with Gasteiger partial charge in [-0.15, -0.1) is 0 Å². The number of ether oxygens (including phenoxy) is 3. The Hall–Kier alpha value is -2.73. The van der Waals surface area contributed by atoms with Gasteiger partial charge in [0.05, 0.1) is 21.3 Å². The van der Waals surface area contributed by atoms with Gasteiger partial charge in [-0.25, -0.2) is 0 Å². The molecule has 1 heterocycles. The van der Waals surface area contributed by atoms with Gasteiger partial charge in [0.1, 0.15) is 0 Å². The number of hydrogen-bond acceptors (Lipinski definition) is 5. The summed E-state index contributed by atoms with van der Waals surface area (Å²) in [6.45, 7) is 6.74. The first kappa shape index (κ1) is 23.9. The maximum Gasteiger partial charge on any atom is 0.227 e. The van der Waals surface area contributed by atoms with E-state index in [-0.39, 0.29) is 11.9 Å². The lowest BCUT2D eigenvalue weighted by atomic mass is 10.00. The summed E-state index contributed by atoms with van der Waals surface area (Å²) in [5.41, 5.74) is 3.28. The highest BCUT2D eigenvalue weighted by Gasteiger charge is 2.29. The van der Waals surface area contributed by atoms with Crippen LogP contribution < -0.4 is 19.1 Å². The molecule has 174 valence electrons. The second-order valence-electron chi connectivity index (χ2n) is 8.35. The van der Waals surface area contributed by atoms with Crippen LogP contribution in [0.2, 0.25) is 0 Å². The molecule has 0 unspecified atom stereocenters. The van der Waals surface area contributed by atoms with Gasteiger partial charge in [0.2, 0.25) is 11.7 Å². The number of carbonyl (C=O) groups is 1. The summed E-state index contributed by atoms with van der Waals surface area (Å²) >= 11 is 0. The van der Waals surface area contributed by atoms with Crippen LogP contribution in [0.4, 0.5) is 5.69 Å². The minimum Gasteiger partial charge on any atom is -0.493 e. The van der Waals surface area contributed by atoms with Gasteiger partial charge in [0.15, 0.2) is 11.5 Å². The number of piperidine rings is 1. The van der Waals surface area contributed by atoms with E-state index < -0.39 is 0 Å². The fourth-order valence-electron chi connectivity index (χ4n) is 4.46. The third-order valence-electron chi connectivity index (χ3n) is 6.15. The van der Waals surface area contributed by atoms with Crippen LogP contribution in [-0.4, -0.2) is 51.3 Å². The van der Waals surface area contributed by atoms with Crippen molar-refractivity contribution in [1.82, 2.24) is 4.90 Å². The largest absolute Gasteiger partial charge is 0.493 e. The second kappa shape index (κ2) is 11.2. The number of amides is 1. The number of methoxy groups -OCH3 is 3. The molecule has 0 spiro atoms. The molecule has 2 aromatic rings. The Labute approximate surface area is 192 Å². The SMILES string of the molecule is CCCC(=O)N(c1ccc(C)cc1)C1CCN(Cc2ccc(OC)c(OC)c2OC)CC1. The van der Waals surface area contributed by atoms with E-state index in [0.717, 1.165) is 50.1 Å². The van der Waals surface area contributed by atoms with Crippen molar-refractivity contribution >= 4 is 11.6 Å². The summed E-state index contributed by atoms with van der Waals surface area (Å²) < 4.78 is 16.6. The molecule has 1 saturated heterocycles. The fourth-order valence-corrected chi connectivity index (χ4v) is 4.46. The standard InChI is InChI=1S/C26H36N2O4/c1-6-7-24(29)28(21-11-8-19(2)9-12-21)22-14-16-27(17-15-22)18-20-10-13-23(30-3)26(32-5)25(20)31-4/h8-13,22H,6-7,14-18H2,1-5H3. The minimum atomic E-state index is 0.219. The number of rotatable bonds is 9. The Bertz CT molecular complexity index is 889. The molecule has 6 heteroatoms. The highest BCUT2D eigenvalue weighted by Crippen LogP contribution is 2.40. The van der Waals surface area contributed by atoms with E-state index in [2.05, 4.69) is 43.0 Å². The Morgan fingerprint density at radius 2 is 1.62 bits per heavy atom. The van der Waals surface area contributed by atoms with E-state index in [0.29, 0.717) is 23.7 Å². The fraction of sp³-hybridized carbons (Fsp3) is 0.500. The van der Waals surface area contributed by atoms with Crippen molar-refractivity contribution in [1.29, 1.82) is 0 Å². The topological polar surface area (TPSA) is 51.2 Å². The summed E-state index contributed by atoms with van der Waals surface area (Å²) in [6, 6.07) is 12.5. The van der Waals surface area contributed by atoms with Gasteiger partial charge >= 0.3 is 0 Å². The zero-order chi connectivity index (χ0) is 23.1. The molecular weight excluding hydrogens is 404 g/mol. The molecule has 1 amide bonds. The maximum atomic E-state index is 13.0. The lowest BCUT2D eigenvalue weighted by molar-refractivity contribution is -0.119. The van der Waals surface area contributed by atoms with Crippen molar-refractivity contribution in [2.45, 2.75) is 52.1 Å². The highest BCUT2D eigenvalue weighted by atomic mass is 16.5. The first-order valence-corrected chi connectivity index (χ1v) is 11.4. The number of anilines is 1. The second-order valence-corrected chi connectivity index (χ2v) is 8.35. The average Bonchev–Trinajstić information content (AvgIpc) is 2.81. The molecule has 0 radical (unpaired) electrons. The van der Waals surface area contributed by atoms with E-state index in [4.69, 9.17) is 14.2 Å². The summed E-state index contributed by atoms with van der Waals surface area (Å²) in [5.74, 6) is 2.22. The van der Waals surface area contributed by atoms with Gasteiger partial charge in [0.25, 0.3) is 0 Å². The minimum absolute atomic E-state index is 0.219.